The second-order valence-electron chi connectivity index (χ2n) is 9.56. The van der Waals surface area contributed by atoms with E-state index in [-0.39, 0.29) is 11.8 Å². The van der Waals surface area contributed by atoms with Crippen LogP contribution in [0.15, 0.2) is 17.2 Å². The van der Waals surface area contributed by atoms with E-state index in [0.717, 1.165) is 40.2 Å². The molecular formula is C24H34N4O3S. The average Bonchev–Trinajstić information content (AvgIpc) is 3.51. The molecule has 1 N–H and O–H groups in total. The monoisotopic (exact) mass is 458 g/mol. The quantitative estimate of drug-likeness (QED) is 0.712. The Morgan fingerprint density at radius 3 is 2.16 bits per heavy atom. The average molecular weight is 459 g/mol. The summed E-state index contributed by atoms with van der Waals surface area (Å²) in [5.41, 5.74) is 4.55. The minimum atomic E-state index is -3.60. The highest BCUT2D eigenvalue weighted by Crippen LogP contribution is 2.33. The highest BCUT2D eigenvalue weighted by Gasteiger charge is 2.35. The first-order valence-electron chi connectivity index (χ1n) is 11.5. The van der Waals surface area contributed by atoms with Crippen molar-refractivity contribution in [2.45, 2.75) is 71.7 Å². The molecule has 32 heavy (non-hydrogen) atoms. The largest absolute Gasteiger partial charge is 0.310 e. The Morgan fingerprint density at radius 1 is 1.00 bits per heavy atom. The van der Waals surface area contributed by atoms with Crippen molar-refractivity contribution in [3.63, 3.8) is 0 Å². The van der Waals surface area contributed by atoms with Crippen LogP contribution in [0.2, 0.25) is 0 Å². The first-order valence-corrected chi connectivity index (χ1v) is 12.9. The Balaban J connectivity index is 1.44. The van der Waals surface area contributed by atoms with Crippen LogP contribution < -0.4 is 5.32 Å². The van der Waals surface area contributed by atoms with E-state index in [2.05, 4.69) is 10.4 Å². The molecule has 0 bridgehead atoms. The molecule has 2 aliphatic rings. The van der Waals surface area contributed by atoms with Gasteiger partial charge in [-0.3, -0.25) is 4.79 Å². The van der Waals surface area contributed by atoms with Gasteiger partial charge in [-0.05, 0) is 88.5 Å². The number of aromatic nitrogens is 2. The van der Waals surface area contributed by atoms with Gasteiger partial charge in [-0.15, -0.1) is 0 Å². The highest BCUT2D eigenvalue weighted by atomic mass is 32.2. The predicted octanol–water partition coefficient (Wildman–Crippen LogP) is 3.87. The van der Waals surface area contributed by atoms with Crippen LogP contribution in [0.1, 0.15) is 53.5 Å². The summed E-state index contributed by atoms with van der Waals surface area (Å²) in [5, 5.41) is 7.49. The molecule has 0 unspecified atom stereocenters. The van der Waals surface area contributed by atoms with E-state index in [9.17, 15) is 13.2 Å². The third-order valence-electron chi connectivity index (χ3n) is 7.11. The number of benzene rings is 1. The van der Waals surface area contributed by atoms with Gasteiger partial charge in [0.15, 0.2) is 0 Å². The summed E-state index contributed by atoms with van der Waals surface area (Å²) in [6.45, 7) is 11.2. The van der Waals surface area contributed by atoms with Gasteiger partial charge in [-0.25, -0.2) is 13.1 Å². The fraction of sp³-hybridized carbons (Fsp3) is 0.583. The SMILES string of the molecule is Cc1cc(C)c(C)c(S(=O)(=O)N2CCC(C(=O)Nc3c(C)cnn3CC3CC3)CC2)c1C. The van der Waals surface area contributed by atoms with Crippen molar-refractivity contribution in [2.75, 3.05) is 18.4 Å². The van der Waals surface area contributed by atoms with Crippen LogP contribution >= 0.6 is 0 Å². The lowest BCUT2D eigenvalue weighted by Crippen LogP contribution is -2.42. The zero-order chi connectivity index (χ0) is 23.2. The van der Waals surface area contributed by atoms with E-state index in [1.165, 1.54) is 12.8 Å². The van der Waals surface area contributed by atoms with Crippen molar-refractivity contribution in [3.8, 4) is 0 Å². The molecule has 0 radical (unpaired) electrons. The predicted molar refractivity (Wildman–Crippen MR) is 125 cm³/mol. The van der Waals surface area contributed by atoms with Gasteiger partial charge in [0.05, 0.1) is 11.1 Å². The van der Waals surface area contributed by atoms with Crippen molar-refractivity contribution in [3.05, 3.63) is 40.1 Å². The standard InChI is InChI=1S/C24H34N4O3S/c1-15-12-16(2)19(5)22(18(15)4)32(30,31)27-10-8-21(9-11-27)24(29)26-23-17(3)13-25-28(23)14-20-6-7-20/h12-13,20-21H,6-11,14H2,1-5H3,(H,26,29). The highest BCUT2D eigenvalue weighted by molar-refractivity contribution is 7.89. The molecule has 0 atom stereocenters. The molecule has 1 aliphatic carbocycles. The molecule has 1 aliphatic heterocycles. The van der Waals surface area contributed by atoms with Gasteiger partial charge in [0.1, 0.15) is 5.82 Å². The van der Waals surface area contributed by atoms with Crippen molar-refractivity contribution in [1.29, 1.82) is 0 Å². The number of aryl methyl sites for hydroxylation is 3. The third-order valence-corrected chi connectivity index (χ3v) is 9.29. The Bertz CT molecular complexity index is 1110. The molecule has 1 aromatic heterocycles. The fourth-order valence-electron chi connectivity index (χ4n) is 4.60. The van der Waals surface area contributed by atoms with Crippen LogP contribution in [-0.2, 0) is 21.4 Å². The number of nitrogens with zero attached hydrogens (tertiary/aromatic N) is 3. The van der Waals surface area contributed by atoms with Crippen LogP contribution in [0.5, 0.6) is 0 Å². The van der Waals surface area contributed by atoms with Gasteiger partial charge in [0.25, 0.3) is 0 Å². The van der Waals surface area contributed by atoms with E-state index in [4.69, 9.17) is 0 Å². The van der Waals surface area contributed by atoms with Crippen LogP contribution in [0.25, 0.3) is 0 Å². The summed E-state index contributed by atoms with van der Waals surface area (Å²) in [6, 6.07) is 2.04. The van der Waals surface area contributed by atoms with E-state index in [1.54, 1.807) is 10.5 Å². The lowest BCUT2D eigenvalue weighted by atomic mass is 9.97. The van der Waals surface area contributed by atoms with Gasteiger partial charge < -0.3 is 5.32 Å². The molecule has 7 nitrogen and oxygen atoms in total. The Labute approximate surface area is 191 Å². The molecule has 1 saturated heterocycles. The molecule has 174 valence electrons. The molecule has 2 heterocycles. The molecule has 1 amide bonds. The van der Waals surface area contributed by atoms with Crippen molar-refractivity contribution < 1.29 is 13.2 Å². The third kappa shape index (κ3) is 4.35. The lowest BCUT2D eigenvalue weighted by Gasteiger charge is -2.32. The molecule has 4 rings (SSSR count). The summed E-state index contributed by atoms with van der Waals surface area (Å²) in [4.78, 5) is 13.4. The van der Waals surface area contributed by atoms with Crippen LogP contribution in [0.4, 0.5) is 5.82 Å². The van der Waals surface area contributed by atoms with Crippen molar-refractivity contribution in [2.24, 2.45) is 11.8 Å². The van der Waals surface area contributed by atoms with Gasteiger partial charge in [-0.2, -0.15) is 9.40 Å². The fourth-order valence-corrected chi connectivity index (χ4v) is 6.64. The van der Waals surface area contributed by atoms with E-state index >= 15 is 0 Å². The van der Waals surface area contributed by atoms with Crippen LogP contribution in [-0.4, -0.2) is 41.5 Å². The van der Waals surface area contributed by atoms with Crippen molar-refractivity contribution >= 4 is 21.7 Å². The molecule has 0 spiro atoms. The number of rotatable bonds is 6. The first kappa shape index (κ1) is 23.0. The number of anilines is 1. The van der Waals surface area contributed by atoms with Gasteiger partial charge in [0.2, 0.25) is 15.9 Å². The number of piperidine rings is 1. The summed E-state index contributed by atoms with van der Waals surface area (Å²) >= 11 is 0. The van der Waals surface area contributed by atoms with Crippen LogP contribution in [0.3, 0.4) is 0 Å². The molecule has 8 heteroatoms. The lowest BCUT2D eigenvalue weighted by molar-refractivity contribution is -0.121. The second kappa shape index (κ2) is 8.63. The van der Waals surface area contributed by atoms with Crippen molar-refractivity contribution in [1.82, 2.24) is 14.1 Å². The maximum atomic E-state index is 13.5. The summed E-state index contributed by atoms with van der Waals surface area (Å²) in [6.07, 6.45) is 5.27. The molecular weight excluding hydrogens is 424 g/mol. The van der Waals surface area contributed by atoms with Gasteiger partial charge >= 0.3 is 0 Å². The van der Waals surface area contributed by atoms with Crippen LogP contribution in [0, 0.1) is 46.5 Å². The summed E-state index contributed by atoms with van der Waals surface area (Å²) in [7, 11) is -3.60. The summed E-state index contributed by atoms with van der Waals surface area (Å²) < 4.78 is 30.4. The smallest absolute Gasteiger partial charge is 0.243 e. The molecule has 2 fully saturated rings. The van der Waals surface area contributed by atoms with E-state index < -0.39 is 10.0 Å². The Hall–Kier alpha value is -2.19. The normalized spacial score (nSPS) is 18.2. The maximum Gasteiger partial charge on any atom is 0.243 e. The van der Waals surface area contributed by atoms with Gasteiger partial charge in [-0.1, -0.05) is 6.07 Å². The zero-order valence-corrected chi connectivity index (χ0v) is 20.6. The number of carbonyl (C=O) groups excluding carboxylic acids is 1. The number of hydrogen-bond donors (Lipinski definition) is 1. The Morgan fingerprint density at radius 2 is 1.59 bits per heavy atom. The number of amides is 1. The number of sulfonamides is 1. The number of hydrogen-bond acceptors (Lipinski definition) is 4. The number of carbonyl (C=O) groups is 1. The zero-order valence-electron chi connectivity index (χ0n) is 19.7. The van der Waals surface area contributed by atoms with E-state index in [1.807, 2.05) is 45.4 Å². The Kier molecular flexibility index (Phi) is 6.20. The van der Waals surface area contributed by atoms with E-state index in [0.29, 0.717) is 36.7 Å². The number of nitrogens with one attached hydrogen (secondary N) is 1. The minimum Gasteiger partial charge on any atom is -0.310 e. The topological polar surface area (TPSA) is 84.3 Å². The molecule has 2 aromatic rings. The molecule has 1 aromatic carbocycles. The second-order valence-corrected chi connectivity index (χ2v) is 11.4. The summed E-state index contributed by atoms with van der Waals surface area (Å²) in [5.74, 6) is 1.20. The van der Waals surface area contributed by atoms with Gasteiger partial charge in [0, 0.05) is 31.1 Å². The first-order chi connectivity index (χ1) is 15.1. The maximum absolute atomic E-state index is 13.5. The molecule has 1 saturated carbocycles. The minimum absolute atomic E-state index is 0.0403.